The molecule has 0 aromatic carbocycles. The van der Waals surface area contributed by atoms with E-state index in [1.807, 2.05) is 0 Å². The minimum Gasteiger partial charge on any atom is -0.314 e. The Balaban J connectivity index is 2.01. The number of rotatable bonds is 1. The summed E-state index contributed by atoms with van der Waals surface area (Å²) in [4.78, 5) is 2.35. The predicted molar refractivity (Wildman–Crippen MR) is 46.6 cm³/mol. The lowest BCUT2D eigenvalue weighted by atomic mass is 9.76. The van der Waals surface area contributed by atoms with Gasteiger partial charge in [0.1, 0.15) is 5.54 Å². The summed E-state index contributed by atoms with van der Waals surface area (Å²) in [7, 11) is 0. The third kappa shape index (κ3) is 1.12. The SMILES string of the molecule is N#CC1(N2CCNCC2)CCC1. The highest BCUT2D eigenvalue weighted by Gasteiger charge is 2.42. The van der Waals surface area contributed by atoms with Crippen molar-refractivity contribution in [3.63, 3.8) is 0 Å². The van der Waals surface area contributed by atoms with Gasteiger partial charge in [-0.25, -0.2) is 0 Å². The predicted octanol–water partition coefficient (Wildman–Crippen LogP) is 0.338. The van der Waals surface area contributed by atoms with Crippen molar-refractivity contribution in [2.24, 2.45) is 0 Å². The molecule has 0 unspecified atom stereocenters. The quantitative estimate of drug-likeness (QED) is 0.609. The molecule has 1 aliphatic heterocycles. The van der Waals surface area contributed by atoms with Crippen LogP contribution in [0, 0.1) is 11.3 Å². The van der Waals surface area contributed by atoms with Gasteiger partial charge >= 0.3 is 0 Å². The maximum absolute atomic E-state index is 9.08. The van der Waals surface area contributed by atoms with E-state index in [1.165, 1.54) is 6.42 Å². The van der Waals surface area contributed by atoms with Crippen molar-refractivity contribution in [2.75, 3.05) is 26.2 Å². The molecule has 2 fully saturated rings. The fraction of sp³-hybridized carbons (Fsp3) is 0.889. The first-order valence-corrected chi connectivity index (χ1v) is 4.74. The summed E-state index contributed by atoms with van der Waals surface area (Å²) in [5, 5.41) is 12.4. The zero-order valence-electron chi connectivity index (χ0n) is 7.34. The highest BCUT2D eigenvalue weighted by atomic mass is 15.2. The summed E-state index contributed by atoms with van der Waals surface area (Å²) in [6.07, 6.45) is 3.41. The number of nitrogens with one attached hydrogen (secondary N) is 1. The van der Waals surface area contributed by atoms with Gasteiger partial charge < -0.3 is 5.32 Å². The first-order valence-electron chi connectivity index (χ1n) is 4.74. The van der Waals surface area contributed by atoms with Crippen molar-refractivity contribution < 1.29 is 0 Å². The van der Waals surface area contributed by atoms with E-state index in [4.69, 9.17) is 5.26 Å². The molecule has 2 rings (SSSR count). The Labute approximate surface area is 73.3 Å². The van der Waals surface area contributed by atoms with Gasteiger partial charge in [0.05, 0.1) is 6.07 Å². The highest BCUT2D eigenvalue weighted by Crippen LogP contribution is 2.36. The monoisotopic (exact) mass is 165 g/mol. The topological polar surface area (TPSA) is 39.1 Å². The Morgan fingerprint density at radius 3 is 2.33 bits per heavy atom. The van der Waals surface area contributed by atoms with E-state index >= 15 is 0 Å². The summed E-state index contributed by atoms with van der Waals surface area (Å²) < 4.78 is 0. The van der Waals surface area contributed by atoms with Gasteiger partial charge in [0, 0.05) is 26.2 Å². The van der Waals surface area contributed by atoms with Crippen LogP contribution in [-0.2, 0) is 0 Å². The van der Waals surface area contributed by atoms with Crippen LogP contribution >= 0.6 is 0 Å². The third-order valence-corrected chi connectivity index (χ3v) is 3.11. The van der Waals surface area contributed by atoms with Crippen LogP contribution < -0.4 is 5.32 Å². The molecule has 12 heavy (non-hydrogen) atoms. The number of nitriles is 1. The molecule has 1 aliphatic carbocycles. The Bertz CT molecular complexity index is 196. The second kappa shape index (κ2) is 3.04. The summed E-state index contributed by atoms with van der Waals surface area (Å²) in [6, 6.07) is 2.48. The average Bonchev–Trinajstić information content (AvgIpc) is 2.05. The van der Waals surface area contributed by atoms with Crippen molar-refractivity contribution in [3.05, 3.63) is 0 Å². The molecule has 2 aliphatic rings. The smallest absolute Gasteiger partial charge is 0.109 e. The zero-order chi connectivity index (χ0) is 8.44. The van der Waals surface area contributed by atoms with E-state index in [1.54, 1.807) is 0 Å². The molecule has 0 aromatic heterocycles. The molecular weight excluding hydrogens is 150 g/mol. The summed E-state index contributed by atoms with van der Waals surface area (Å²) in [5.74, 6) is 0. The Morgan fingerprint density at radius 2 is 1.92 bits per heavy atom. The molecule has 0 bridgehead atoms. The van der Waals surface area contributed by atoms with Gasteiger partial charge in [0.2, 0.25) is 0 Å². The minimum atomic E-state index is -0.0674. The average molecular weight is 165 g/mol. The normalized spacial score (nSPS) is 28.9. The largest absolute Gasteiger partial charge is 0.314 e. The Kier molecular flexibility index (Phi) is 2.03. The maximum Gasteiger partial charge on any atom is 0.109 e. The van der Waals surface area contributed by atoms with E-state index in [-0.39, 0.29) is 5.54 Å². The molecule has 0 amide bonds. The van der Waals surface area contributed by atoms with E-state index < -0.39 is 0 Å². The van der Waals surface area contributed by atoms with Gasteiger partial charge in [0.15, 0.2) is 0 Å². The van der Waals surface area contributed by atoms with Crippen LogP contribution in [0.15, 0.2) is 0 Å². The minimum absolute atomic E-state index is 0.0674. The first kappa shape index (κ1) is 8.03. The second-order valence-electron chi connectivity index (χ2n) is 3.73. The van der Waals surface area contributed by atoms with Gasteiger partial charge in [-0.2, -0.15) is 5.26 Å². The van der Waals surface area contributed by atoms with E-state index in [2.05, 4.69) is 16.3 Å². The van der Waals surface area contributed by atoms with Gasteiger partial charge in [-0.05, 0) is 19.3 Å². The van der Waals surface area contributed by atoms with E-state index in [0.29, 0.717) is 0 Å². The fourth-order valence-electron chi connectivity index (χ4n) is 2.10. The van der Waals surface area contributed by atoms with Crippen molar-refractivity contribution >= 4 is 0 Å². The molecule has 0 aromatic rings. The lowest BCUT2D eigenvalue weighted by molar-refractivity contribution is 0.0541. The fourth-order valence-corrected chi connectivity index (χ4v) is 2.10. The summed E-state index contributed by atoms with van der Waals surface area (Å²) in [5.41, 5.74) is -0.0674. The van der Waals surface area contributed by atoms with Crippen molar-refractivity contribution in [2.45, 2.75) is 24.8 Å². The van der Waals surface area contributed by atoms with Gasteiger partial charge in [-0.3, -0.25) is 4.90 Å². The van der Waals surface area contributed by atoms with E-state index in [0.717, 1.165) is 39.0 Å². The number of piperazine rings is 1. The van der Waals surface area contributed by atoms with Crippen LogP contribution in [0.25, 0.3) is 0 Å². The van der Waals surface area contributed by atoms with Crippen LogP contribution in [0.2, 0.25) is 0 Å². The third-order valence-electron chi connectivity index (χ3n) is 3.11. The molecule has 3 nitrogen and oxygen atoms in total. The lowest BCUT2D eigenvalue weighted by Crippen LogP contribution is -2.58. The van der Waals surface area contributed by atoms with Crippen LogP contribution in [0.1, 0.15) is 19.3 Å². The standard InChI is InChI=1S/C9H15N3/c10-8-9(2-1-3-9)12-6-4-11-5-7-12/h11H,1-7H2. The molecule has 1 saturated heterocycles. The van der Waals surface area contributed by atoms with Crippen LogP contribution in [0.3, 0.4) is 0 Å². The Morgan fingerprint density at radius 1 is 1.25 bits per heavy atom. The second-order valence-corrected chi connectivity index (χ2v) is 3.73. The van der Waals surface area contributed by atoms with Crippen LogP contribution in [0.5, 0.6) is 0 Å². The zero-order valence-corrected chi connectivity index (χ0v) is 7.34. The van der Waals surface area contributed by atoms with Gasteiger partial charge in [-0.15, -0.1) is 0 Å². The first-order chi connectivity index (χ1) is 5.87. The molecule has 66 valence electrons. The molecule has 0 radical (unpaired) electrons. The number of hydrogen-bond acceptors (Lipinski definition) is 3. The highest BCUT2D eigenvalue weighted by molar-refractivity contribution is 5.14. The summed E-state index contributed by atoms with van der Waals surface area (Å²) >= 11 is 0. The molecule has 1 heterocycles. The van der Waals surface area contributed by atoms with Gasteiger partial charge in [0.25, 0.3) is 0 Å². The lowest BCUT2D eigenvalue weighted by Gasteiger charge is -2.46. The number of hydrogen-bond donors (Lipinski definition) is 1. The molecule has 1 saturated carbocycles. The molecule has 0 atom stereocenters. The van der Waals surface area contributed by atoms with Crippen LogP contribution in [-0.4, -0.2) is 36.6 Å². The molecule has 0 spiro atoms. The van der Waals surface area contributed by atoms with Crippen LogP contribution in [0.4, 0.5) is 0 Å². The van der Waals surface area contributed by atoms with Crippen molar-refractivity contribution in [3.8, 4) is 6.07 Å². The molecule has 1 N–H and O–H groups in total. The van der Waals surface area contributed by atoms with E-state index in [9.17, 15) is 0 Å². The summed E-state index contributed by atoms with van der Waals surface area (Å²) in [6.45, 7) is 4.19. The molecule has 3 heteroatoms. The maximum atomic E-state index is 9.08. The van der Waals surface area contributed by atoms with Crippen molar-refractivity contribution in [1.82, 2.24) is 10.2 Å². The van der Waals surface area contributed by atoms with Gasteiger partial charge in [-0.1, -0.05) is 0 Å². The molecular formula is C9H15N3. The van der Waals surface area contributed by atoms with Crippen molar-refractivity contribution in [1.29, 1.82) is 5.26 Å². The number of nitrogens with zero attached hydrogens (tertiary/aromatic N) is 2. The Hall–Kier alpha value is -0.590.